The molecule has 3 rings (SSSR count). The van der Waals surface area contributed by atoms with Crippen molar-refractivity contribution in [2.24, 2.45) is 0 Å². The Morgan fingerprint density at radius 1 is 1.00 bits per heavy atom. The maximum atomic E-state index is 12.7. The molecule has 1 fully saturated rings. The lowest BCUT2D eigenvalue weighted by Crippen LogP contribution is -2.44. The molecule has 2 aromatic carbocycles. The van der Waals surface area contributed by atoms with Gasteiger partial charge in [-0.2, -0.15) is 0 Å². The minimum Gasteiger partial charge on any atom is -0.369 e. The van der Waals surface area contributed by atoms with E-state index < -0.39 is 10.0 Å². The van der Waals surface area contributed by atoms with Gasteiger partial charge >= 0.3 is 0 Å². The van der Waals surface area contributed by atoms with Crippen molar-refractivity contribution in [2.45, 2.75) is 18.7 Å². The molecule has 2 N–H and O–H groups in total. The third-order valence-electron chi connectivity index (χ3n) is 5.43. The van der Waals surface area contributed by atoms with E-state index in [4.69, 9.17) is 0 Å². The maximum absolute atomic E-state index is 12.7. The van der Waals surface area contributed by atoms with Crippen LogP contribution in [0.4, 0.5) is 11.4 Å². The number of benzene rings is 2. The smallest absolute Gasteiger partial charge is 0.255 e. The summed E-state index contributed by atoms with van der Waals surface area (Å²) >= 11 is 0. The highest BCUT2D eigenvalue weighted by molar-refractivity contribution is 7.89. The van der Waals surface area contributed by atoms with Gasteiger partial charge in [0.2, 0.25) is 10.0 Å². The predicted octanol–water partition coefficient (Wildman–Crippen LogP) is 2.22. The fraction of sp³-hybridized carbons (Fsp3) is 0.381. The number of aryl methyl sites for hydroxylation is 1. The summed E-state index contributed by atoms with van der Waals surface area (Å²) in [7, 11) is -0.160. The zero-order chi connectivity index (χ0) is 21.2. The molecule has 1 amide bonds. The van der Waals surface area contributed by atoms with Gasteiger partial charge in [-0.05, 0) is 75.5 Å². The Labute approximate surface area is 172 Å². The fourth-order valence-corrected chi connectivity index (χ4v) is 4.44. The van der Waals surface area contributed by atoms with Crippen LogP contribution in [0, 0.1) is 13.8 Å². The first kappa shape index (κ1) is 21.3. The van der Waals surface area contributed by atoms with Gasteiger partial charge in [-0.15, -0.1) is 0 Å². The summed E-state index contributed by atoms with van der Waals surface area (Å²) in [6, 6.07) is 10.9. The van der Waals surface area contributed by atoms with Crippen molar-refractivity contribution in [3.8, 4) is 0 Å². The average Bonchev–Trinajstić information content (AvgIpc) is 2.71. The molecule has 7 nitrogen and oxygen atoms in total. The molecular weight excluding hydrogens is 388 g/mol. The van der Waals surface area contributed by atoms with Crippen LogP contribution in [0.5, 0.6) is 0 Å². The number of rotatable bonds is 5. The van der Waals surface area contributed by atoms with Crippen molar-refractivity contribution in [1.82, 2.24) is 9.62 Å². The summed E-state index contributed by atoms with van der Waals surface area (Å²) < 4.78 is 26.8. The number of nitrogens with one attached hydrogen (secondary N) is 2. The zero-order valence-electron chi connectivity index (χ0n) is 17.3. The van der Waals surface area contributed by atoms with Crippen LogP contribution in [0.1, 0.15) is 21.5 Å². The summed E-state index contributed by atoms with van der Waals surface area (Å²) in [5.74, 6) is -0.340. The van der Waals surface area contributed by atoms with Crippen LogP contribution in [0.15, 0.2) is 41.3 Å². The predicted molar refractivity (Wildman–Crippen MR) is 116 cm³/mol. The zero-order valence-corrected chi connectivity index (χ0v) is 18.1. The van der Waals surface area contributed by atoms with Crippen LogP contribution in [0.25, 0.3) is 0 Å². The van der Waals surface area contributed by atoms with Crippen molar-refractivity contribution < 1.29 is 13.2 Å². The summed E-state index contributed by atoms with van der Waals surface area (Å²) in [5.41, 5.74) is 3.49. The van der Waals surface area contributed by atoms with Crippen molar-refractivity contribution in [3.05, 3.63) is 53.1 Å². The monoisotopic (exact) mass is 416 g/mol. The number of hydrogen-bond acceptors (Lipinski definition) is 5. The molecule has 0 radical (unpaired) electrons. The van der Waals surface area contributed by atoms with Crippen molar-refractivity contribution in [2.75, 3.05) is 50.5 Å². The number of carbonyl (C=O) groups is 1. The molecule has 0 spiro atoms. The second kappa shape index (κ2) is 8.52. The molecule has 29 heavy (non-hydrogen) atoms. The van der Waals surface area contributed by atoms with Crippen LogP contribution in [-0.4, -0.2) is 59.5 Å². The van der Waals surface area contributed by atoms with E-state index in [1.165, 1.54) is 13.1 Å². The molecule has 156 valence electrons. The Bertz CT molecular complexity index is 995. The van der Waals surface area contributed by atoms with Gasteiger partial charge in [0.1, 0.15) is 0 Å². The third-order valence-corrected chi connectivity index (χ3v) is 6.97. The minimum absolute atomic E-state index is 0.121. The Hall–Kier alpha value is -2.42. The van der Waals surface area contributed by atoms with E-state index in [1.54, 1.807) is 19.9 Å². The van der Waals surface area contributed by atoms with E-state index in [1.807, 2.05) is 24.3 Å². The van der Waals surface area contributed by atoms with E-state index in [0.29, 0.717) is 16.8 Å². The standard InChI is InChI=1S/C21H28N4O3S/c1-15-13-17(14-20(16(15)2)29(27,28)22-3)21(26)23-18-5-7-19(8-6-18)25-11-9-24(4)10-12-25/h5-8,13-14,22H,9-12H2,1-4H3,(H,23,26). The molecule has 0 atom stereocenters. The number of sulfonamides is 1. The highest BCUT2D eigenvalue weighted by atomic mass is 32.2. The number of carbonyl (C=O) groups excluding carboxylic acids is 1. The summed E-state index contributed by atoms with van der Waals surface area (Å²) in [6.07, 6.45) is 0. The molecule has 2 aromatic rings. The van der Waals surface area contributed by atoms with E-state index >= 15 is 0 Å². The van der Waals surface area contributed by atoms with Gasteiger partial charge in [0, 0.05) is 43.1 Å². The molecular formula is C21H28N4O3S. The van der Waals surface area contributed by atoms with Gasteiger partial charge in [0.25, 0.3) is 5.91 Å². The van der Waals surface area contributed by atoms with Gasteiger partial charge in [-0.3, -0.25) is 4.79 Å². The second-order valence-electron chi connectivity index (χ2n) is 7.42. The van der Waals surface area contributed by atoms with Crippen molar-refractivity contribution in [3.63, 3.8) is 0 Å². The van der Waals surface area contributed by atoms with Crippen LogP contribution < -0.4 is 14.9 Å². The molecule has 0 saturated carbocycles. The quantitative estimate of drug-likeness (QED) is 0.781. The van der Waals surface area contributed by atoms with Gasteiger partial charge in [0.15, 0.2) is 0 Å². The highest BCUT2D eigenvalue weighted by Crippen LogP contribution is 2.23. The Morgan fingerprint density at radius 2 is 1.62 bits per heavy atom. The number of amides is 1. The normalized spacial score (nSPS) is 15.4. The molecule has 0 aliphatic carbocycles. The average molecular weight is 417 g/mol. The van der Waals surface area contributed by atoms with E-state index in [-0.39, 0.29) is 10.8 Å². The summed E-state index contributed by atoms with van der Waals surface area (Å²) in [6.45, 7) is 7.55. The summed E-state index contributed by atoms with van der Waals surface area (Å²) in [5, 5.41) is 2.86. The molecule has 1 heterocycles. The maximum Gasteiger partial charge on any atom is 0.255 e. The Morgan fingerprint density at radius 3 is 2.21 bits per heavy atom. The van der Waals surface area contributed by atoms with Crippen LogP contribution in [-0.2, 0) is 10.0 Å². The highest BCUT2D eigenvalue weighted by Gasteiger charge is 2.20. The van der Waals surface area contributed by atoms with Crippen LogP contribution >= 0.6 is 0 Å². The topological polar surface area (TPSA) is 81.7 Å². The Balaban J connectivity index is 1.77. The lowest BCUT2D eigenvalue weighted by Gasteiger charge is -2.34. The van der Waals surface area contributed by atoms with Crippen molar-refractivity contribution >= 4 is 27.3 Å². The van der Waals surface area contributed by atoms with Gasteiger partial charge in [-0.25, -0.2) is 13.1 Å². The van der Waals surface area contributed by atoms with Gasteiger partial charge in [0.05, 0.1) is 4.90 Å². The van der Waals surface area contributed by atoms with Gasteiger partial charge < -0.3 is 15.1 Å². The second-order valence-corrected chi connectivity index (χ2v) is 9.27. The lowest BCUT2D eigenvalue weighted by atomic mass is 10.1. The van der Waals surface area contributed by atoms with Gasteiger partial charge in [-0.1, -0.05) is 0 Å². The molecule has 1 saturated heterocycles. The molecule has 0 bridgehead atoms. The largest absolute Gasteiger partial charge is 0.369 e. The van der Waals surface area contributed by atoms with Crippen LogP contribution in [0.3, 0.4) is 0 Å². The number of anilines is 2. The molecule has 1 aliphatic rings. The lowest BCUT2D eigenvalue weighted by molar-refractivity contribution is 0.102. The molecule has 0 unspecified atom stereocenters. The number of hydrogen-bond donors (Lipinski definition) is 2. The molecule has 8 heteroatoms. The van der Waals surface area contributed by atoms with E-state index in [2.05, 4.69) is 26.9 Å². The first-order valence-corrected chi connectivity index (χ1v) is 11.1. The summed E-state index contributed by atoms with van der Waals surface area (Å²) in [4.78, 5) is 17.5. The minimum atomic E-state index is -3.64. The van der Waals surface area contributed by atoms with Crippen molar-refractivity contribution in [1.29, 1.82) is 0 Å². The Kier molecular flexibility index (Phi) is 6.26. The SMILES string of the molecule is CNS(=O)(=O)c1cc(C(=O)Nc2ccc(N3CCN(C)CC3)cc2)cc(C)c1C. The molecule has 1 aliphatic heterocycles. The van der Waals surface area contributed by atoms with E-state index in [9.17, 15) is 13.2 Å². The number of likely N-dealkylation sites (N-methyl/N-ethyl adjacent to an activating group) is 1. The first-order valence-electron chi connectivity index (χ1n) is 9.61. The fourth-order valence-electron chi connectivity index (χ4n) is 3.37. The molecule has 0 aromatic heterocycles. The number of nitrogens with zero attached hydrogens (tertiary/aromatic N) is 2. The van der Waals surface area contributed by atoms with Crippen LogP contribution in [0.2, 0.25) is 0 Å². The number of piperazine rings is 1. The first-order chi connectivity index (χ1) is 13.7. The third kappa shape index (κ3) is 4.77. The van der Waals surface area contributed by atoms with E-state index in [0.717, 1.165) is 37.4 Å².